The Bertz CT molecular complexity index is 309. The molecule has 0 rings (SSSR count). The molecule has 0 saturated carbocycles. The Labute approximate surface area is 131 Å². The Morgan fingerprint density at radius 1 is 1.20 bits per heavy atom. The van der Waals surface area contributed by atoms with Crippen LogP contribution in [0.15, 0.2) is 0 Å². The molecule has 5 atom stereocenters. The number of carbonyl (C=O) groups excluding carboxylic acids is 1. The van der Waals surface area contributed by atoms with Gasteiger partial charge in [0.1, 0.15) is 0 Å². The standard InChI is InChI=1S/C15H30AsNO3/c1-5-11(3)12(4)13(9-15(19)20)17-14(18)8-10(2)6-7-16/h10-13H,5-9,16H2,1-4H3,(H,17,18)(H,19,20). The Kier molecular flexibility index (Phi) is 10.0. The van der Waals surface area contributed by atoms with Gasteiger partial charge in [0.2, 0.25) is 0 Å². The van der Waals surface area contributed by atoms with Gasteiger partial charge < -0.3 is 0 Å². The van der Waals surface area contributed by atoms with E-state index in [0.717, 1.165) is 18.1 Å². The van der Waals surface area contributed by atoms with E-state index in [1.54, 1.807) is 16.9 Å². The van der Waals surface area contributed by atoms with E-state index in [1.807, 2.05) is 6.92 Å². The van der Waals surface area contributed by atoms with Gasteiger partial charge in [-0.25, -0.2) is 0 Å². The molecule has 4 nitrogen and oxygen atoms in total. The van der Waals surface area contributed by atoms with Gasteiger partial charge in [0.05, 0.1) is 0 Å². The average Bonchev–Trinajstić information content (AvgIpc) is 2.35. The van der Waals surface area contributed by atoms with E-state index < -0.39 is 5.97 Å². The van der Waals surface area contributed by atoms with Crippen LogP contribution in [0.2, 0.25) is 5.21 Å². The zero-order valence-corrected chi connectivity index (χ0v) is 15.6. The van der Waals surface area contributed by atoms with E-state index in [2.05, 4.69) is 26.1 Å². The van der Waals surface area contributed by atoms with Gasteiger partial charge in [0.15, 0.2) is 0 Å². The van der Waals surface area contributed by atoms with Crippen molar-refractivity contribution in [2.75, 3.05) is 0 Å². The van der Waals surface area contributed by atoms with Crippen molar-refractivity contribution in [1.82, 2.24) is 5.32 Å². The van der Waals surface area contributed by atoms with Crippen LogP contribution in [0.3, 0.4) is 0 Å². The summed E-state index contributed by atoms with van der Waals surface area (Å²) in [5, 5.41) is 13.1. The summed E-state index contributed by atoms with van der Waals surface area (Å²) in [5.74, 6) is 0.0705. The van der Waals surface area contributed by atoms with Crippen molar-refractivity contribution in [3.63, 3.8) is 0 Å². The van der Waals surface area contributed by atoms with Crippen LogP contribution in [-0.4, -0.2) is 39.9 Å². The van der Waals surface area contributed by atoms with Crippen LogP contribution in [0.4, 0.5) is 0 Å². The van der Waals surface area contributed by atoms with Crippen LogP contribution in [0.1, 0.15) is 53.4 Å². The van der Waals surface area contributed by atoms with Crippen LogP contribution in [0.25, 0.3) is 0 Å². The van der Waals surface area contributed by atoms with E-state index in [-0.39, 0.29) is 24.3 Å². The molecule has 0 aromatic heterocycles. The number of carbonyl (C=O) groups is 2. The van der Waals surface area contributed by atoms with Crippen molar-refractivity contribution in [1.29, 1.82) is 0 Å². The van der Waals surface area contributed by atoms with Gasteiger partial charge in [-0.1, -0.05) is 0 Å². The number of rotatable bonds is 10. The zero-order valence-electron chi connectivity index (χ0n) is 13.2. The third kappa shape index (κ3) is 7.94. The molecule has 0 spiro atoms. The summed E-state index contributed by atoms with van der Waals surface area (Å²) in [6.45, 7) is 8.29. The van der Waals surface area contributed by atoms with Crippen molar-refractivity contribution in [3.8, 4) is 0 Å². The van der Waals surface area contributed by atoms with Crippen molar-refractivity contribution >= 4 is 28.7 Å². The second-order valence-electron chi connectivity index (χ2n) is 5.90. The predicted octanol–water partition coefficient (Wildman–Crippen LogP) is 2.10. The number of aliphatic carboxylic acids is 1. The summed E-state index contributed by atoms with van der Waals surface area (Å²) in [6.07, 6.45) is 2.54. The van der Waals surface area contributed by atoms with Gasteiger partial charge in [0.25, 0.3) is 0 Å². The fraction of sp³-hybridized carbons (Fsp3) is 0.867. The SMILES string of the molecule is CCC(C)C(C)C(CC(=O)O)NC(=O)CC(C)CC[AsH2]. The molecule has 0 aliphatic carbocycles. The first-order chi connectivity index (χ1) is 9.31. The van der Waals surface area contributed by atoms with Gasteiger partial charge in [-0.05, 0) is 0 Å². The average molecular weight is 347 g/mol. The number of amides is 1. The van der Waals surface area contributed by atoms with Crippen LogP contribution >= 0.6 is 0 Å². The van der Waals surface area contributed by atoms with E-state index in [4.69, 9.17) is 5.11 Å². The summed E-state index contributed by atoms with van der Waals surface area (Å²) in [7, 11) is 0. The fourth-order valence-corrected chi connectivity index (χ4v) is 3.49. The van der Waals surface area contributed by atoms with E-state index in [9.17, 15) is 9.59 Å². The van der Waals surface area contributed by atoms with Crippen molar-refractivity contribution in [2.45, 2.75) is 64.6 Å². The maximum absolute atomic E-state index is 12.0. The second-order valence-corrected chi connectivity index (χ2v) is 7.11. The molecule has 0 fully saturated rings. The molecule has 118 valence electrons. The Morgan fingerprint density at radius 3 is 2.25 bits per heavy atom. The van der Waals surface area contributed by atoms with E-state index >= 15 is 0 Å². The first-order valence-corrected chi connectivity index (χ1v) is 9.24. The predicted molar refractivity (Wildman–Crippen MR) is 84.6 cm³/mol. The molecule has 1 amide bonds. The molecule has 0 heterocycles. The van der Waals surface area contributed by atoms with Gasteiger partial charge >= 0.3 is 131 Å². The fourth-order valence-electron chi connectivity index (χ4n) is 2.29. The van der Waals surface area contributed by atoms with Gasteiger partial charge in [-0.15, -0.1) is 0 Å². The molecule has 0 aliphatic heterocycles. The third-order valence-corrected chi connectivity index (χ3v) is 4.81. The second kappa shape index (κ2) is 10.3. The number of hydrogen-bond donors (Lipinski definition) is 2. The molecule has 20 heavy (non-hydrogen) atoms. The minimum atomic E-state index is -0.852. The molecule has 2 N–H and O–H groups in total. The summed E-state index contributed by atoms with van der Waals surface area (Å²) in [5.41, 5.74) is 0. The van der Waals surface area contributed by atoms with Crippen molar-refractivity contribution < 1.29 is 14.7 Å². The van der Waals surface area contributed by atoms with Crippen LogP contribution < -0.4 is 5.32 Å². The van der Waals surface area contributed by atoms with E-state index in [0.29, 0.717) is 18.3 Å². The molecular weight excluding hydrogens is 317 g/mol. The quantitative estimate of drug-likeness (QED) is 0.595. The number of hydrogen-bond acceptors (Lipinski definition) is 2. The third-order valence-electron chi connectivity index (χ3n) is 4.11. The monoisotopic (exact) mass is 347 g/mol. The molecule has 0 radical (unpaired) electrons. The number of carboxylic acid groups (broad SMARTS) is 1. The van der Waals surface area contributed by atoms with Crippen LogP contribution in [0, 0.1) is 17.8 Å². The minimum absolute atomic E-state index is 0.00250. The Morgan fingerprint density at radius 2 is 1.80 bits per heavy atom. The number of nitrogens with one attached hydrogen (secondary N) is 1. The first kappa shape index (κ1) is 19.5. The molecule has 0 aromatic carbocycles. The van der Waals surface area contributed by atoms with Gasteiger partial charge in [-0.3, -0.25) is 0 Å². The molecule has 0 bridgehead atoms. The van der Waals surface area contributed by atoms with Crippen LogP contribution in [0.5, 0.6) is 0 Å². The van der Waals surface area contributed by atoms with Crippen molar-refractivity contribution in [3.05, 3.63) is 0 Å². The molecule has 5 heteroatoms. The maximum atomic E-state index is 12.0. The number of carboxylic acids is 1. The summed E-state index contributed by atoms with van der Waals surface area (Å²) >= 11 is 1.68. The Balaban J connectivity index is 4.56. The summed E-state index contributed by atoms with van der Waals surface area (Å²) in [6, 6.07) is -0.270. The van der Waals surface area contributed by atoms with Crippen molar-refractivity contribution in [2.24, 2.45) is 17.8 Å². The van der Waals surface area contributed by atoms with E-state index in [1.165, 1.54) is 0 Å². The Hall–Kier alpha value is -0.502. The summed E-state index contributed by atoms with van der Waals surface area (Å²) in [4.78, 5) is 23.0. The summed E-state index contributed by atoms with van der Waals surface area (Å²) < 4.78 is 0. The van der Waals surface area contributed by atoms with Crippen LogP contribution in [-0.2, 0) is 9.59 Å². The van der Waals surface area contributed by atoms with Gasteiger partial charge in [-0.2, -0.15) is 0 Å². The first-order valence-electron chi connectivity index (χ1n) is 7.52. The topological polar surface area (TPSA) is 66.4 Å². The molecule has 0 aromatic rings. The zero-order chi connectivity index (χ0) is 15.7. The van der Waals surface area contributed by atoms with Gasteiger partial charge in [0, 0.05) is 0 Å². The molecular formula is C15H30AsNO3. The molecule has 0 aliphatic rings. The normalized spacial score (nSPS) is 17.1. The molecule has 0 saturated heterocycles. The molecule has 5 unspecified atom stereocenters.